The van der Waals surface area contributed by atoms with Crippen molar-refractivity contribution in [1.29, 1.82) is 0 Å². The van der Waals surface area contributed by atoms with E-state index in [1.165, 1.54) is 5.57 Å². The molecule has 0 aliphatic rings. The molecule has 0 amide bonds. The van der Waals surface area contributed by atoms with Crippen LogP contribution < -0.4 is 5.32 Å². The van der Waals surface area contributed by atoms with E-state index in [9.17, 15) is 0 Å². The van der Waals surface area contributed by atoms with E-state index in [4.69, 9.17) is 0 Å². The van der Waals surface area contributed by atoms with Crippen molar-refractivity contribution in [2.24, 2.45) is 5.92 Å². The first kappa shape index (κ1) is 10.0. The standard InChI is InChI=1S/C10H17N/c1-5-10(9(3)4)7-8-11-6-2/h5-9,11H,2H2,1,3-4H3/b8-7-,10-5+. The molecule has 0 unspecified atom stereocenters. The summed E-state index contributed by atoms with van der Waals surface area (Å²) in [5.41, 5.74) is 1.33. The predicted molar refractivity (Wildman–Crippen MR) is 51.1 cm³/mol. The number of hydrogen-bond acceptors (Lipinski definition) is 1. The first-order chi connectivity index (χ1) is 5.22. The maximum absolute atomic E-state index is 3.55. The molecule has 62 valence electrons. The Morgan fingerprint density at radius 1 is 1.45 bits per heavy atom. The first-order valence-electron chi connectivity index (χ1n) is 3.92. The van der Waals surface area contributed by atoms with E-state index in [2.05, 4.69) is 37.9 Å². The van der Waals surface area contributed by atoms with Crippen molar-refractivity contribution >= 4 is 0 Å². The highest BCUT2D eigenvalue weighted by atomic mass is 14.8. The van der Waals surface area contributed by atoms with Crippen molar-refractivity contribution in [1.82, 2.24) is 5.32 Å². The molecule has 0 aromatic rings. The van der Waals surface area contributed by atoms with Gasteiger partial charge in [-0.3, -0.25) is 0 Å². The number of rotatable bonds is 4. The summed E-state index contributed by atoms with van der Waals surface area (Å²) < 4.78 is 0. The Balaban J connectivity index is 3.98. The third kappa shape index (κ3) is 4.43. The van der Waals surface area contributed by atoms with Crippen LogP contribution in [0.5, 0.6) is 0 Å². The van der Waals surface area contributed by atoms with Crippen LogP contribution in [0.1, 0.15) is 20.8 Å². The fraction of sp³-hybridized carbons (Fsp3) is 0.400. The van der Waals surface area contributed by atoms with Crippen LogP contribution in [0, 0.1) is 5.92 Å². The topological polar surface area (TPSA) is 12.0 Å². The van der Waals surface area contributed by atoms with E-state index in [1.54, 1.807) is 6.20 Å². The molecule has 0 bridgehead atoms. The van der Waals surface area contributed by atoms with Crippen molar-refractivity contribution in [3.05, 3.63) is 36.7 Å². The van der Waals surface area contributed by atoms with E-state index >= 15 is 0 Å². The fourth-order valence-corrected chi connectivity index (χ4v) is 0.834. The lowest BCUT2D eigenvalue weighted by Gasteiger charge is -2.03. The minimum Gasteiger partial charge on any atom is -0.368 e. The Kier molecular flexibility index (Phi) is 5.26. The van der Waals surface area contributed by atoms with Gasteiger partial charge in [-0.1, -0.05) is 26.5 Å². The smallest absolute Gasteiger partial charge is 0.000692 e. The number of nitrogens with one attached hydrogen (secondary N) is 1. The van der Waals surface area contributed by atoms with Gasteiger partial charge in [-0.25, -0.2) is 0 Å². The zero-order chi connectivity index (χ0) is 8.69. The molecule has 0 aromatic heterocycles. The third-order valence-electron chi connectivity index (χ3n) is 1.49. The van der Waals surface area contributed by atoms with Gasteiger partial charge in [0.25, 0.3) is 0 Å². The molecule has 1 nitrogen and oxygen atoms in total. The molecular formula is C10H17N. The van der Waals surface area contributed by atoms with E-state index in [0.717, 1.165) is 0 Å². The summed E-state index contributed by atoms with van der Waals surface area (Å²) >= 11 is 0. The molecule has 1 heteroatoms. The van der Waals surface area contributed by atoms with Crippen LogP contribution in [0.3, 0.4) is 0 Å². The summed E-state index contributed by atoms with van der Waals surface area (Å²) in [5, 5.41) is 2.91. The highest BCUT2D eigenvalue weighted by Gasteiger charge is 1.94. The van der Waals surface area contributed by atoms with Crippen LogP contribution >= 0.6 is 0 Å². The molecule has 0 radical (unpaired) electrons. The summed E-state index contributed by atoms with van der Waals surface area (Å²) in [5.74, 6) is 0.586. The molecule has 0 heterocycles. The van der Waals surface area contributed by atoms with Gasteiger partial charge in [0.1, 0.15) is 0 Å². The van der Waals surface area contributed by atoms with Crippen molar-refractivity contribution < 1.29 is 0 Å². The average Bonchev–Trinajstić information content (AvgIpc) is 1.97. The van der Waals surface area contributed by atoms with Crippen LogP contribution in [-0.4, -0.2) is 0 Å². The highest BCUT2D eigenvalue weighted by molar-refractivity contribution is 5.19. The Morgan fingerprint density at radius 3 is 2.45 bits per heavy atom. The molecule has 0 atom stereocenters. The molecule has 11 heavy (non-hydrogen) atoms. The van der Waals surface area contributed by atoms with Crippen molar-refractivity contribution in [2.45, 2.75) is 20.8 Å². The van der Waals surface area contributed by atoms with E-state index in [0.29, 0.717) is 5.92 Å². The second kappa shape index (κ2) is 5.78. The maximum Gasteiger partial charge on any atom is 0.000692 e. The largest absolute Gasteiger partial charge is 0.368 e. The van der Waals surface area contributed by atoms with Crippen molar-refractivity contribution in [2.75, 3.05) is 0 Å². The van der Waals surface area contributed by atoms with Crippen LogP contribution in [0.15, 0.2) is 36.7 Å². The quantitative estimate of drug-likeness (QED) is 0.609. The Labute approximate surface area is 69.5 Å². The SMILES string of the molecule is C=CN/C=C\C(=C/C)C(C)C. The Bertz CT molecular complexity index is 164. The third-order valence-corrected chi connectivity index (χ3v) is 1.49. The molecule has 1 N–H and O–H groups in total. The molecule has 0 saturated carbocycles. The predicted octanol–water partition coefficient (Wildman–Crippen LogP) is 2.84. The minimum atomic E-state index is 0.586. The normalized spacial score (nSPS) is 12.5. The van der Waals surface area contributed by atoms with Gasteiger partial charge in [0.05, 0.1) is 0 Å². The second-order valence-corrected chi connectivity index (χ2v) is 2.65. The van der Waals surface area contributed by atoms with E-state index in [-0.39, 0.29) is 0 Å². The van der Waals surface area contributed by atoms with Gasteiger partial charge < -0.3 is 5.32 Å². The lowest BCUT2D eigenvalue weighted by atomic mass is 10.0. The number of hydrogen-bond donors (Lipinski definition) is 1. The molecule has 0 saturated heterocycles. The molecule has 0 fully saturated rings. The zero-order valence-electron chi connectivity index (χ0n) is 7.59. The first-order valence-corrected chi connectivity index (χ1v) is 3.92. The van der Waals surface area contributed by atoms with Gasteiger partial charge in [-0.05, 0) is 30.7 Å². The van der Waals surface area contributed by atoms with Gasteiger partial charge in [0, 0.05) is 6.20 Å². The van der Waals surface area contributed by atoms with Crippen molar-refractivity contribution in [3.8, 4) is 0 Å². The summed E-state index contributed by atoms with van der Waals surface area (Å²) in [6, 6.07) is 0. The summed E-state index contributed by atoms with van der Waals surface area (Å²) in [4.78, 5) is 0. The lowest BCUT2D eigenvalue weighted by molar-refractivity contribution is 0.788. The molecule has 0 spiro atoms. The van der Waals surface area contributed by atoms with Gasteiger partial charge in [0.2, 0.25) is 0 Å². The zero-order valence-corrected chi connectivity index (χ0v) is 7.59. The van der Waals surface area contributed by atoms with Gasteiger partial charge >= 0.3 is 0 Å². The average molecular weight is 151 g/mol. The lowest BCUT2D eigenvalue weighted by Crippen LogP contribution is -1.94. The van der Waals surface area contributed by atoms with Crippen LogP contribution in [0.4, 0.5) is 0 Å². The monoisotopic (exact) mass is 151 g/mol. The highest BCUT2D eigenvalue weighted by Crippen LogP contribution is 2.09. The van der Waals surface area contributed by atoms with Gasteiger partial charge in [0.15, 0.2) is 0 Å². The molecule has 0 aliphatic heterocycles. The molecule has 0 aromatic carbocycles. The number of allylic oxidation sites excluding steroid dienone is 3. The van der Waals surface area contributed by atoms with Crippen molar-refractivity contribution in [3.63, 3.8) is 0 Å². The van der Waals surface area contributed by atoms with Crippen LogP contribution in [0.25, 0.3) is 0 Å². The van der Waals surface area contributed by atoms with E-state index in [1.807, 2.05) is 13.1 Å². The molecule has 0 aliphatic carbocycles. The van der Waals surface area contributed by atoms with Crippen LogP contribution in [-0.2, 0) is 0 Å². The van der Waals surface area contributed by atoms with Crippen LogP contribution in [0.2, 0.25) is 0 Å². The maximum atomic E-state index is 3.55. The fourth-order valence-electron chi connectivity index (χ4n) is 0.834. The summed E-state index contributed by atoms with van der Waals surface area (Å²) in [7, 11) is 0. The Morgan fingerprint density at radius 2 is 2.09 bits per heavy atom. The summed E-state index contributed by atoms with van der Waals surface area (Å²) in [6.07, 6.45) is 7.73. The molecule has 0 rings (SSSR count). The minimum absolute atomic E-state index is 0.586. The Hall–Kier alpha value is -0.980. The molecular weight excluding hydrogens is 134 g/mol. The second-order valence-electron chi connectivity index (χ2n) is 2.65. The summed E-state index contributed by atoms with van der Waals surface area (Å²) in [6.45, 7) is 9.94. The van der Waals surface area contributed by atoms with E-state index < -0.39 is 0 Å². The van der Waals surface area contributed by atoms with Gasteiger partial charge in [-0.2, -0.15) is 0 Å². The van der Waals surface area contributed by atoms with Gasteiger partial charge in [-0.15, -0.1) is 0 Å².